The van der Waals surface area contributed by atoms with E-state index >= 15 is 0 Å². The first-order valence-corrected chi connectivity index (χ1v) is 3.96. The van der Waals surface area contributed by atoms with Gasteiger partial charge in [0, 0.05) is 4.91 Å². The van der Waals surface area contributed by atoms with Gasteiger partial charge in [0.15, 0.2) is 6.29 Å². The molecule has 1 saturated heterocycles. The van der Waals surface area contributed by atoms with Crippen molar-refractivity contribution in [2.75, 3.05) is 6.61 Å². The quantitative estimate of drug-likeness (QED) is 0.242. The Hall–Kier alpha value is -0.890. The molecule has 1 heterocycles. The van der Waals surface area contributed by atoms with E-state index in [1.807, 2.05) is 0 Å². The number of ether oxygens (including phenoxy) is 1. The molecule has 0 amide bonds. The minimum Gasteiger partial charge on any atom is -0.396 e. The zero-order valence-corrected chi connectivity index (χ0v) is 7.13. The zero-order chi connectivity index (χ0) is 10.7. The van der Waals surface area contributed by atoms with E-state index in [0.717, 1.165) is 0 Å². The van der Waals surface area contributed by atoms with Crippen molar-refractivity contribution in [2.45, 2.75) is 30.6 Å². The summed E-state index contributed by atoms with van der Waals surface area (Å²) in [5.41, 5.74) is 8.13. The van der Waals surface area contributed by atoms with Crippen LogP contribution < -0.4 is 0 Å². The van der Waals surface area contributed by atoms with E-state index in [1.54, 1.807) is 0 Å². The first-order chi connectivity index (χ1) is 6.61. The Labute approximate surface area is 79.0 Å². The molecule has 1 rings (SSSR count). The summed E-state index contributed by atoms with van der Waals surface area (Å²) in [6.45, 7) is -0.536. The molecule has 1 fully saturated rings. The van der Waals surface area contributed by atoms with Crippen LogP contribution in [0.15, 0.2) is 5.11 Å². The number of nitrogens with zero attached hydrogens (tertiary/aromatic N) is 3. The third-order valence-corrected chi connectivity index (χ3v) is 2.04. The average molecular weight is 205 g/mol. The molecule has 4 N–H and O–H groups in total. The summed E-state index contributed by atoms with van der Waals surface area (Å²) in [7, 11) is 0. The second-order valence-corrected chi connectivity index (χ2v) is 2.93. The van der Waals surface area contributed by atoms with Crippen molar-refractivity contribution in [3.63, 3.8) is 0 Å². The van der Waals surface area contributed by atoms with Gasteiger partial charge in [-0.2, -0.15) is 0 Å². The highest BCUT2D eigenvalue weighted by atomic mass is 16.6. The SMILES string of the molecule is [N-]=[N+]=NC(CO)[C@@H]1OC(O)C(O)[C@@H]1O. The van der Waals surface area contributed by atoms with Crippen molar-refractivity contribution < 1.29 is 25.2 Å². The number of hydrogen-bond donors (Lipinski definition) is 4. The normalized spacial score (nSPS) is 39.1. The van der Waals surface area contributed by atoms with Crippen molar-refractivity contribution in [2.24, 2.45) is 5.11 Å². The summed E-state index contributed by atoms with van der Waals surface area (Å²) in [6, 6.07) is -1.03. The van der Waals surface area contributed by atoms with Gasteiger partial charge in [-0.05, 0) is 5.53 Å². The third-order valence-electron chi connectivity index (χ3n) is 2.04. The van der Waals surface area contributed by atoms with Crippen molar-refractivity contribution in [1.82, 2.24) is 0 Å². The average Bonchev–Trinajstić information content (AvgIpc) is 2.42. The largest absolute Gasteiger partial charge is 0.396 e. The van der Waals surface area contributed by atoms with Crippen molar-refractivity contribution in [1.29, 1.82) is 0 Å². The maximum atomic E-state index is 9.33. The highest BCUT2D eigenvalue weighted by molar-refractivity contribution is 4.93. The van der Waals surface area contributed by atoms with Gasteiger partial charge in [-0.3, -0.25) is 0 Å². The van der Waals surface area contributed by atoms with Gasteiger partial charge in [0.25, 0.3) is 0 Å². The highest BCUT2D eigenvalue weighted by Gasteiger charge is 2.45. The van der Waals surface area contributed by atoms with Gasteiger partial charge in [-0.15, -0.1) is 0 Å². The number of aliphatic hydroxyl groups excluding tert-OH is 4. The van der Waals surface area contributed by atoms with Gasteiger partial charge >= 0.3 is 0 Å². The van der Waals surface area contributed by atoms with Gasteiger partial charge < -0.3 is 25.2 Å². The van der Waals surface area contributed by atoms with Gasteiger partial charge in [0.05, 0.1) is 12.6 Å². The van der Waals surface area contributed by atoms with Crippen LogP contribution in [0, 0.1) is 0 Å². The lowest BCUT2D eigenvalue weighted by Crippen LogP contribution is -2.39. The standard InChI is InChI=1S/C6H11N3O5/c7-9-8-2(1-10)5-3(11)4(12)6(13)14-5/h2-6,10-13H,1H2/t2?,3-,4?,5-,6?/m0/s1. The fourth-order valence-electron chi connectivity index (χ4n) is 1.28. The highest BCUT2D eigenvalue weighted by Crippen LogP contribution is 2.23. The Bertz CT molecular complexity index is 244. The summed E-state index contributed by atoms with van der Waals surface area (Å²) in [4.78, 5) is 2.45. The second kappa shape index (κ2) is 4.56. The second-order valence-electron chi connectivity index (χ2n) is 2.93. The summed E-state index contributed by atoms with van der Waals surface area (Å²) < 4.78 is 4.72. The van der Waals surface area contributed by atoms with Crippen LogP contribution >= 0.6 is 0 Å². The molecule has 1 aliphatic heterocycles. The third kappa shape index (κ3) is 1.95. The lowest BCUT2D eigenvalue weighted by molar-refractivity contribution is -0.131. The zero-order valence-electron chi connectivity index (χ0n) is 7.13. The van der Waals surface area contributed by atoms with Crippen molar-refractivity contribution in [3.8, 4) is 0 Å². The molecule has 14 heavy (non-hydrogen) atoms. The van der Waals surface area contributed by atoms with Crippen LogP contribution in [-0.4, -0.2) is 57.7 Å². The van der Waals surface area contributed by atoms with Crippen LogP contribution in [-0.2, 0) is 4.74 Å². The van der Waals surface area contributed by atoms with Crippen LogP contribution in [0.1, 0.15) is 0 Å². The van der Waals surface area contributed by atoms with E-state index in [-0.39, 0.29) is 0 Å². The summed E-state index contributed by atoms with van der Waals surface area (Å²) in [5.74, 6) is 0. The van der Waals surface area contributed by atoms with Gasteiger partial charge in [0.1, 0.15) is 18.3 Å². The van der Waals surface area contributed by atoms with Gasteiger partial charge in [-0.25, -0.2) is 0 Å². The van der Waals surface area contributed by atoms with Crippen molar-refractivity contribution >= 4 is 0 Å². The number of hydrogen-bond acceptors (Lipinski definition) is 6. The van der Waals surface area contributed by atoms with Crippen LogP contribution in [0.5, 0.6) is 0 Å². The topological polar surface area (TPSA) is 139 Å². The van der Waals surface area contributed by atoms with E-state index in [4.69, 9.17) is 25.6 Å². The number of rotatable bonds is 3. The predicted molar refractivity (Wildman–Crippen MR) is 42.9 cm³/mol. The number of aliphatic hydroxyl groups is 4. The smallest absolute Gasteiger partial charge is 0.183 e. The van der Waals surface area contributed by atoms with E-state index in [2.05, 4.69) is 10.0 Å². The lowest BCUT2D eigenvalue weighted by atomic mass is 10.1. The first-order valence-electron chi connectivity index (χ1n) is 3.96. The number of azide groups is 1. The fourth-order valence-corrected chi connectivity index (χ4v) is 1.28. The molecular formula is C6H11N3O5. The molecule has 3 unspecified atom stereocenters. The molecule has 8 nitrogen and oxygen atoms in total. The molecule has 0 aromatic rings. The van der Waals surface area contributed by atoms with E-state index < -0.39 is 37.3 Å². The van der Waals surface area contributed by atoms with Gasteiger partial charge in [-0.1, -0.05) is 5.11 Å². The van der Waals surface area contributed by atoms with Gasteiger partial charge in [0.2, 0.25) is 0 Å². The Kier molecular flexibility index (Phi) is 3.64. The molecule has 0 spiro atoms. The van der Waals surface area contributed by atoms with Crippen LogP contribution in [0.3, 0.4) is 0 Å². The van der Waals surface area contributed by atoms with Crippen LogP contribution in [0.25, 0.3) is 10.4 Å². The lowest BCUT2D eigenvalue weighted by Gasteiger charge is -2.18. The molecule has 0 bridgehead atoms. The van der Waals surface area contributed by atoms with Crippen LogP contribution in [0.2, 0.25) is 0 Å². The Balaban J connectivity index is 2.73. The van der Waals surface area contributed by atoms with E-state index in [1.165, 1.54) is 0 Å². The van der Waals surface area contributed by atoms with E-state index in [0.29, 0.717) is 0 Å². The molecule has 0 aromatic heterocycles. The summed E-state index contributed by atoms with van der Waals surface area (Å²) in [6.07, 6.45) is -5.46. The molecule has 1 aliphatic rings. The maximum Gasteiger partial charge on any atom is 0.183 e. The molecule has 80 valence electrons. The molecule has 0 aromatic carbocycles. The minimum absolute atomic E-state index is 0.536. The molecular weight excluding hydrogens is 194 g/mol. The fraction of sp³-hybridized carbons (Fsp3) is 1.00. The van der Waals surface area contributed by atoms with Crippen molar-refractivity contribution in [3.05, 3.63) is 10.4 Å². The first kappa shape index (κ1) is 11.2. The Morgan fingerprint density at radius 1 is 1.36 bits per heavy atom. The molecule has 0 aliphatic carbocycles. The molecule has 0 radical (unpaired) electrons. The Morgan fingerprint density at radius 2 is 2.00 bits per heavy atom. The molecule has 0 saturated carbocycles. The molecule has 5 atom stereocenters. The summed E-state index contributed by atoms with van der Waals surface area (Å²) >= 11 is 0. The van der Waals surface area contributed by atoms with E-state index in [9.17, 15) is 5.11 Å². The van der Waals surface area contributed by atoms with Crippen LogP contribution in [0.4, 0.5) is 0 Å². The molecule has 8 heteroatoms. The predicted octanol–water partition coefficient (Wildman–Crippen LogP) is -1.90. The summed E-state index contributed by atoms with van der Waals surface area (Å²) in [5, 5.41) is 39.4. The minimum atomic E-state index is -1.53. The maximum absolute atomic E-state index is 9.33. The Morgan fingerprint density at radius 3 is 2.36 bits per heavy atom. The monoisotopic (exact) mass is 205 g/mol.